The molecule has 0 radical (unpaired) electrons. The number of sulfonamides is 1. The minimum absolute atomic E-state index is 0.300. The normalized spacial score (nSPS) is 20.8. The van der Waals surface area contributed by atoms with Gasteiger partial charge in [-0.3, -0.25) is 9.78 Å². The molecule has 1 aromatic rings. The molecule has 0 saturated carbocycles. The number of anilines is 1. The third-order valence-electron chi connectivity index (χ3n) is 2.86. The number of nitrogens with one attached hydrogen (secondary N) is 1. The maximum atomic E-state index is 12.0. The molecule has 0 bridgehead atoms. The number of amides is 1. The van der Waals surface area contributed by atoms with Gasteiger partial charge >= 0.3 is 0 Å². The predicted octanol–water partition coefficient (Wildman–Crippen LogP) is 0.444. The molecule has 1 saturated heterocycles. The molecule has 1 fully saturated rings. The van der Waals surface area contributed by atoms with Crippen LogP contribution in [0.25, 0.3) is 0 Å². The van der Waals surface area contributed by atoms with Gasteiger partial charge in [0.2, 0.25) is 15.9 Å². The van der Waals surface area contributed by atoms with E-state index in [9.17, 15) is 13.2 Å². The van der Waals surface area contributed by atoms with Crippen molar-refractivity contribution in [3.63, 3.8) is 0 Å². The van der Waals surface area contributed by atoms with Crippen molar-refractivity contribution in [2.75, 3.05) is 18.1 Å². The van der Waals surface area contributed by atoms with Crippen molar-refractivity contribution < 1.29 is 13.2 Å². The quantitative estimate of drug-likeness (QED) is 0.863. The number of carbonyl (C=O) groups excluding carboxylic acids is 1. The van der Waals surface area contributed by atoms with E-state index >= 15 is 0 Å². The fraction of sp³-hybridized carbons (Fsp3) is 0.455. The zero-order valence-electron chi connectivity index (χ0n) is 10.0. The van der Waals surface area contributed by atoms with Crippen LogP contribution >= 0.6 is 0 Å². The highest BCUT2D eigenvalue weighted by atomic mass is 32.2. The Balaban J connectivity index is 2.10. The summed E-state index contributed by atoms with van der Waals surface area (Å²) in [6.45, 7) is 0.407. The van der Waals surface area contributed by atoms with Crippen LogP contribution in [0.2, 0.25) is 0 Å². The number of hydrogen-bond donors (Lipinski definition) is 1. The molecule has 1 aliphatic heterocycles. The Kier molecular flexibility index (Phi) is 3.63. The van der Waals surface area contributed by atoms with Gasteiger partial charge < -0.3 is 5.32 Å². The summed E-state index contributed by atoms with van der Waals surface area (Å²) in [7, 11) is -3.33. The standard InChI is InChI=1S/C11H15N3O3S/c1-18(16,17)14-7-3-5-10(14)11(15)13-9-4-2-6-12-8-9/h2,4,6,8,10H,3,5,7H2,1H3,(H,13,15)/t10-/m0/s1. The molecule has 0 aliphatic carbocycles. The Morgan fingerprint density at radius 3 is 2.94 bits per heavy atom. The summed E-state index contributed by atoms with van der Waals surface area (Å²) < 4.78 is 24.3. The van der Waals surface area contributed by atoms with Crippen LogP contribution in [0.15, 0.2) is 24.5 Å². The van der Waals surface area contributed by atoms with Crippen LogP contribution < -0.4 is 5.32 Å². The van der Waals surface area contributed by atoms with Gasteiger partial charge in [0.25, 0.3) is 0 Å². The van der Waals surface area contributed by atoms with E-state index in [1.165, 1.54) is 10.5 Å². The largest absolute Gasteiger partial charge is 0.323 e. The van der Waals surface area contributed by atoms with Crippen LogP contribution in [0.1, 0.15) is 12.8 Å². The van der Waals surface area contributed by atoms with Crippen LogP contribution in [0, 0.1) is 0 Å². The Bertz CT molecular complexity index is 530. The molecule has 18 heavy (non-hydrogen) atoms. The number of aromatic nitrogens is 1. The monoisotopic (exact) mass is 269 g/mol. The van der Waals surface area contributed by atoms with Gasteiger partial charge in [-0.1, -0.05) is 0 Å². The molecule has 2 heterocycles. The van der Waals surface area contributed by atoms with Crippen LogP contribution in [0.5, 0.6) is 0 Å². The van der Waals surface area contributed by atoms with Crippen molar-refractivity contribution in [3.05, 3.63) is 24.5 Å². The molecule has 1 aliphatic rings. The van der Waals surface area contributed by atoms with Crippen molar-refractivity contribution in [2.45, 2.75) is 18.9 Å². The number of nitrogens with zero attached hydrogens (tertiary/aromatic N) is 2. The first-order chi connectivity index (χ1) is 8.48. The average Bonchev–Trinajstić information content (AvgIpc) is 2.79. The fourth-order valence-corrected chi connectivity index (χ4v) is 3.19. The topological polar surface area (TPSA) is 79.4 Å². The van der Waals surface area contributed by atoms with Crippen LogP contribution in [-0.4, -0.2) is 42.5 Å². The number of hydrogen-bond acceptors (Lipinski definition) is 4. The fourth-order valence-electron chi connectivity index (χ4n) is 2.06. The van der Waals surface area contributed by atoms with Gasteiger partial charge in [-0.25, -0.2) is 8.42 Å². The van der Waals surface area contributed by atoms with Gasteiger partial charge in [-0.15, -0.1) is 0 Å². The third kappa shape index (κ3) is 2.85. The first kappa shape index (κ1) is 13.0. The molecule has 1 N–H and O–H groups in total. The van der Waals surface area contributed by atoms with Crippen molar-refractivity contribution in [1.82, 2.24) is 9.29 Å². The maximum Gasteiger partial charge on any atom is 0.242 e. The molecule has 0 aromatic carbocycles. The van der Waals surface area contributed by atoms with Gasteiger partial charge in [0.15, 0.2) is 0 Å². The second-order valence-electron chi connectivity index (χ2n) is 4.26. The molecule has 1 atom stereocenters. The van der Waals surface area contributed by atoms with Gasteiger partial charge in [-0.05, 0) is 25.0 Å². The lowest BCUT2D eigenvalue weighted by Crippen LogP contribution is -2.42. The van der Waals surface area contributed by atoms with E-state index in [0.717, 1.165) is 6.26 Å². The van der Waals surface area contributed by atoms with Crippen molar-refractivity contribution in [1.29, 1.82) is 0 Å². The number of carbonyl (C=O) groups is 1. The second-order valence-corrected chi connectivity index (χ2v) is 6.20. The molecule has 7 heteroatoms. The second kappa shape index (κ2) is 5.03. The molecule has 1 aromatic heterocycles. The van der Waals surface area contributed by atoms with E-state index in [0.29, 0.717) is 25.1 Å². The first-order valence-corrected chi connectivity index (χ1v) is 7.51. The smallest absolute Gasteiger partial charge is 0.242 e. The van der Waals surface area contributed by atoms with E-state index < -0.39 is 16.1 Å². The number of pyridine rings is 1. The highest BCUT2D eigenvalue weighted by Gasteiger charge is 2.36. The van der Waals surface area contributed by atoms with E-state index in [4.69, 9.17) is 0 Å². The minimum Gasteiger partial charge on any atom is -0.323 e. The van der Waals surface area contributed by atoms with E-state index in [-0.39, 0.29) is 5.91 Å². The molecular weight excluding hydrogens is 254 g/mol. The van der Waals surface area contributed by atoms with Crippen LogP contribution in [0.4, 0.5) is 5.69 Å². The van der Waals surface area contributed by atoms with Crippen LogP contribution in [-0.2, 0) is 14.8 Å². The summed E-state index contributed by atoms with van der Waals surface area (Å²) in [5, 5.41) is 2.68. The van der Waals surface area contributed by atoms with Gasteiger partial charge in [0, 0.05) is 12.7 Å². The molecular formula is C11H15N3O3S. The summed E-state index contributed by atoms with van der Waals surface area (Å²) in [4.78, 5) is 15.9. The van der Waals surface area contributed by atoms with Crippen molar-refractivity contribution in [2.24, 2.45) is 0 Å². The SMILES string of the molecule is CS(=O)(=O)N1CCC[C@H]1C(=O)Nc1cccnc1. The lowest BCUT2D eigenvalue weighted by Gasteiger charge is -2.21. The summed E-state index contributed by atoms with van der Waals surface area (Å²) in [6.07, 6.45) is 5.52. The zero-order valence-corrected chi connectivity index (χ0v) is 10.9. The molecule has 2 rings (SSSR count). The summed E-state index contributed by atoms with van der Waals surface area (Å²) in [5.41, 5.74) is 0.572. The molecule has 1 amide bonds. The lowest BCUT2D eigenvalue weighted by atomic mass is 10.2. The maximum absolute atomic E-state index is 12.0. The van der Waals surface area contributed by atoms with E-state index in [1.807, 2.05) is 0 Å². The zero-order chi connectivity index (χ0) is 13.2. The van der Waals surface area contributed by atoms with Crippen molar-refractivity contribution >= 4 is 21.6 Å². The highest BCUT2D eigenvalue weighted by Crippen LogP contribution is 2.21. The van der Waals surface area contributed by atoms with Crippen molar-refractivity contribution in [3.8, 4) is 0 Å². The predicted molar refractivity (Wildman–Crippen MR) is 67.4 cm³/mol. The Morgan fingerprint density at radius 2 is 2.33 bits per heavy atom. The summed E-state index contributed by atoms with van der Waals surface area (Å²) >= 11 is 0. The summed E-state index contributed by atoms with van der Waals surface area (Å²) in [6, 6.07) is 2.81. The molecule has 6 nitrogen and oxygen atoms in total. The van der Waals surface area contributed by atoms with E-state index in [2.05, 4.69) is 10.3 Å². The van der Waals surface area contributed by atoms with Crippen LogP contribution in [0.3, 0.4) is 0 Å². The highest BCUT2D eigenvalue weighted by molar-refractivity contribution is 7.88. The lowest BCUT2D eigenvalue weighted by molar-refractivity contribution is -0.119. The molecule has 98 valence electrons. The third-order valence-corrected chi connectivity index (χ3v) is 4.15. The Morgan fingerprint density at radius 1 is 1.56 bits per heavy atom. The Labute approximate surface area is 106 Å². The van der Waals surface area contributed by atoms with Gasteiger partial charge in [0.05, 0.1) is 18.1 Å². The number of rotatable bonds is 3. The minimum atomic E-state index is -3.33. The molecule has 0 spiro atoms. The average molecular weight is 269 g/mol. The molecule has 0 unspecified atom stereocenters. The Hall–Kier alpha value is -1.47. The summed E-state index contributed by atoms with van der Waals surface area (Å²) in [5.74, 6) is -0.300. The van der Waals surface area contributed by atoms with Gasteiger partial charge in [0.1, 0.15) is 6.04 Å². The van der Waals surface area contributed by atoms with Gasteiger partial charge in [-0.2, -0.15) is 4.31 Å². The van der Waals surface area contributed by atoms with E-state index in [1.54, 1.807) is 18.3 Å². The first-order valence-electron chi connectivity index (χ1n) is 5.66.